The van der Waals surface area contributed by atoms with E-state index in [1.54, 1.807) is 32.9 Å². The summed E-state index contributed by atoms with van der Waals surface area (Å²) in [5.41, 5.74) is 0.563. The van der Waals surface area contributed by atoms with Crippen molar-refractivity contribution >= 4 is 28.7 Å². The average molecular weight is 288 g/mol. The monoisotopic (exact) mass is 288 g/mol. The van der Waals surface area contributed by atoms with Crippen molar-refractivity contribution in [2.75, 3.05) is 5.32 Å². The molecule has 0 aliphatic rings. The maximum atomic E-state index is 11.8. The van der Waals surface area contributed by atoms with Crippen LogP contribution < -0.4 is 5.32 Å². The van der Waals surface area contributed by atoms with Crippen molar-refractivity contribution in [1.82, 2.24) is 4.98 Å². The number of nitrogens with zero attached hydrogens (tertiary/aromatic N) is 1. The summed E-state index contributed by atoms with van der Waals surface area (Å²) in [5, 5.41) is 12.2. The highest BCUT2D eigenvalue weighted by molar-refractivity contribution is 6.01. The molecule has 110 valence electrons. The number of benzene rings is 1. The number of carbonyl (C=O) groups excluding carboxylic acids is 1. The average Bonchev–Trinajstić information content (AvgIpc) is 2.36. The molecule has 0 aliphatic heterocycles. The molecule has 1 amide bonds. The zero-order valence-electron chi connectivity index (χ0n) is 12.0. The summed E-state index contributed by atoms with van der Waals surface area (Å²) in [4.78, 5) is 27.0. The number of carboxylic acids is 1. The minimum atomic E-state index is -1.04. The molecular formula is C15H16N2O4. The van der Waals surface area contributed by atoms with Crippen LogP contribution in [0.3, 0.4) is 0 Å². The first kappa shape index (κ1) is 14.8. The lowest BCUT2D eigenvalue weighted by molar-refractivity contribution is 0.0634. The summed E-state index contributed by atoms with van der Waals surface area (Å²) in [6.07, 6.45) is 0.936. The molecule has 0 fully saturated rings. The van der Waals surface area contributed by atoms with Gasteiger partial charge < -0.3 is 9.84 Å². The number of carboxylic acid groups (broad SMARTS) is 1. The quantitative estimate of drug-likeness (QED) is 0.885. The molecule has 1 heterocycles. The van der Waals surface area contributed by atoms with E-state index in [2.05, 4.69) is 10.3 Å². The van der Waals surface area contributed by atoms with Crippen molar-refractivity contribution in [2.24, 2.45) is 0 Å². The highest BCUT2D eigenvalue weighted by Gasteiger charge is 2.17. The van der Waals surface area contributed by atoms with E-state index in [0.29, 0.717) is 16.6 Å². The van der Waals surface area contributed by atoms with E-state index in [1.807, 2.05) is 0 Å². The molecule has 0 bridgehead atoms. The summed E-state index contributed by atoms with van der Waals surface area (Å²) in [7, 11) is 0. The number of aromatic nitrogens is 1. The van der Waals surface area contributed by atoms with Gasteiger partial charge in [0.1, 0.15) is 5.60 Å². The summed E-state index contributed by atoms with van der Waals surface area (Å²) >= 11 is 0. The highest BCUT2D eigenvalue weighted by atomic mass is 16.6. The maximum absolute atomic E-state index is 11.8. The number of hydrogen-bond acceptors (Lipinski definition) is 4. The largest absolute Gasteiger partial charge is 0.478 e. The van der Waals surface area contributed by atoms with Gasteiger partial charge in [-0.15, -0.1) is 0 Å². The van der Waals surface area contributed by atoms with E-state index in [4.69, 9.17) is 9.84 Å². The Bertz CT molecular complexity index is 704. The number of hydrogen-bond donors (Lipinski definition) is 2. The Labute approximate surface area is 121 Å². The molecule has 0 unspecified atom stereocenters. The minimum absolute atomic E-state index is 0.128. The van der Waals surface area contributed by atoms with E-state index in [0.717, 1.165) is 0 Å². The molecule has 2 aromatic rings. The molecule has 6 heteroatoms. The van der Waals surface area contributed by atoms with Crippen molar-refractivity contribution in [3.8, 4) is 0 Å². The van der Waals surface area contributed by atoms with E-state index in [-0.39, 0.29) is 5.56 Å². The van der Waals surface area contributed by atoms with Gasteiger partial charge in [-0.2, -0.15) is 0 Å². The molecule has 0 aliphatic carbocycles. The van der Waals surface area contributed by atoms with Crippen LogP contribution in [0.1, 0.15) is 31.1 Å². The van der Waals surface area contributed by atoms with E-state index in [9.17, 15) is 9.59 Å². The van der Waals surface area contributed by atoms with Gasteiger partial charge >= 0.3 is 12.1 Å². The smallest absolute Gasteiger partial charge is 0.412 e. The molecule has 2 rings (SSSR count). The molecule has 6 nitrogen and oxygen atoms in total. The molecule has 2 N–H and O–H groups in total. The number of anilines is 1. The molecule has 1 aromatic carbocycles. The fraction of sp³-hybridized carbons (Fsp3) is 0.267. The van der Waals surface area contributed by atoms with Crippen LogP contribution in [0, 0.1) is 0 Å². The summed E-state index contributed by atoms with van der Waals surface area (Å²) < 4.78 is 5.18. The van der Waals surface area contributed by atoms with Gasteiger partial charge in [0, 0.05) is 11.6 Å². The van der Waals surface area contributed by atoms with Crippen molar-refractivity contribution in [3.63, 3.8) is 0 Å². The zero-order valence-corrected chi connectivity index (χ0v) is 12.0. The Balaban J connectivity index is 2.37. The zero-order chi connectivity index (χ0) is 15.6. The van der Waals surface area contributed by atoms with Gasteiger partial charge in [0.05, 0.1) is 16.8 Å². The fourth-order valence-corrected chi connectivity index (χ4v) is 1.80. The van der Waals surface area contributed by atoms with Crippen LogP contribution in [0.5, 0.6) is 0 Å². The Morgan fingerprint density at radius 2 is 1.95 bits per heavy atom. The van der Waals surface area contributed by atoms with Gasteiger partial charge in [-0.3, -0.25) is 10.3 Å². The van der Waals surface area contributed by atoms with E-state index < -0.39 is 17.7 Å². The van der Waals surface area contributed by atoms with Gasteiger partial charge in [-0.1, -0.05) is 0 Å². The lowest BCUT2D eigenvalue weighted by Gasteiger charge is -2.20. The highest BCUT2D eigenvalue weighted by Crippen LogP contribution is 2.23. The predicted molar refractivity (Wildman–Crippen MR) is 78.6 cm³/mol. The van der Waals surface area contributed by atoms with Crippen molar-refractivity contribution in [2.45, 2.75) is 26.4 Å². The number of rotatable bonds is 2. The standard InChI is InChI=1S/C15H16N2O4/c1-15(2,3)21-14(20)17-12-6-7-16-11-5-4-9(13(18)19)8-10(11)12/h4-8H,1-3H3,(H,18,19)(H,16,17,20). The number of nitrogens with one attached hydrogen (secondary N) is 1. The molecule has 0 saturated carbocycles. The topological polar surface area (TPSA) is 88.5 Å². The lowest BCUT2D eigenvalue weighted by atomic mass is 10.1. The second-order valence-corrected chi connectivity index (χ2v) is 5.52. The van der Waals surface area contributed by atoms with E-state index >= 15 is 0 Å². The molecule has 0 spiro atoms. The normalized spacial score (nSPS) is 11.2. The number of pyridine rings is 1. The fourth-order valence-electron chi connectivity index (χ4n) is 1.80. The maximum Gasteiger partial charge on any atom is 0.412 e. The Hall–Kier alpha value is -2.63. The molecule has 0 radical (unpaired) electrons. The third kappa shape index (κ3) is 3.68. The van der Waals surface area contributed by atoms with Gasteiger partial charge in [0.25, 0.3) is 0 Å². The Morgan fingerprint density at radius 1 is 1.24 bits per heavy atom. The van der Waals surface area contributed by atoms with Crippen LogP contribution in [0.2, 0.25) is 0 Å². The van der Waals surface area contributed by atoms with Gasteiger partial charge in [0.2, 0.25) is 0 Å². The lowest BCUT2D eigenvalue weighted by Crippen LogP contribution is -2.27. The third-order valence-electron chi connectivity index (χ3n) is 2.62. The van der Waals surface area contributed by atoms with Crippen LogP contribution in [0.4, 0.5) is 10.5 Å². The number of fused-ring (bicyclic) bond motifs is 1. The molecule has 0 atom stereocenters. The first-order valence-electron chi connectivity index (χ1n) is 6.38. The van der Waals surface area contributed by atoms with Crippen molar-refractivity contribution in [3.05, 3.63) is 36.0 Å². The van der Waals surface area contributed by atoms with Crippen LogP contribution in [-0.4, -0.2) is 27.8 Å². The number of amides is 1. The second-order valence-electron chi connectivity index (χ2n) is 5.52. The Kier molecular flexibility index (Phi) is 3.80. The summed E-state index contributed by atoms with van der Waals surface area (Å²) in [5.74, 6) is -1.04. The first-order valence-corrected chi connectivity index (χ1v) is 6.38. The van der Waals surface area contributed by atoms with Crippen LogP contribution in [-0.2, 0) is 4.74 Å². The molecule has 1 aromatic heterocycles. The van der Waals surface area contributed by atoms with Gasteiger partial charge in [-0.05, 0) is 45.0 Å². The number of ether oxygens (including phenoxy) is 1. The van der Waals surface area contributed by atoms with Gasteiger partial charge in [0.15, 0.2) is 0 Å². The predicted octanol–water partition coefficient (Wildman–Crippen LogP) is 3.28. The molecular weight excluding hydrogens is 272 g/mol. The second kappa shape index (κ2) is 5.40. The number of carbonyl (C=O) groups is 2. The van der Waals surface area contributed by atoms with Crippen LogP contribution in [0.15, 0.2) is 30.5 Å². The SMILES string of the molecule is CC(C)(C)OC(=O)Nc1ccnc2ccc(C(=O)O)cc12. The number of aromatic carboxylic acids is 1. The minimum Gasteiger partial charge on any atom is -0.478 e. The summed E-state index contributed by atoms with van der Waals surface area (Å²) in [6, 6.07) is 6.13. The molecule has 0 saturated heterocycles. The van der Waals surface area contributed by atoms with Crippen LogP contribution in [0.25, 0.3) is 10.9 Å². The first-order chi connectivity index (χ1) is 9.76. The Morgan fingerprint density at radius 3 is 2.57 bits per heavy atom. The van der Waals surface area contributed by atoms with Crippen molar-refractivity contribution in [1.29, 1.82) is 0 Å². The summed E-state index contributed by atoms with van der Waals surface area (Å²) in [6.45, 7) is 5.29. The van der Waals surface area contributed by atoms with E-state index in [1.165, 1.54) is 18.3 Å². The van der Waals surface area contributed by atoms with Crippen LogP contribution >= 0.6 is 0 Å². The molecule has 21 heavy (non-hydrogen) atoms. The van der Waals surface area contributed by atoms with Gasteiger partial charge in [-0.25, -0.2) is 9.59 Å². The third-order valence-corrected chi connectivity index (χ3v) is 2.62. The van der Waals surface area contributed by atoms with Crippen molar-refractivity contribution < 1.29 is 19.4 Å².